The molecule has 1 fully saturated rings. The summed E-state index contributed by atoms with van der Waals surface area (Å²) in [6.07, 6.45) is 0. The molecular formula is C12H21IN6O2S. The van der Waals surface area contributed by atoms with Gasteiger partial charge < -0.3 is 10.5 Å². The van der Waals surface area contributed by atoms with E-state index in [0.717, 1.165) is 11.5 Å². The summed E-state index contributed by atoms with van der Waals surface area (Å²) in [5.41, 5.74) is 6.96. The van der Waals surface area contributed by atoms with Gasteiger partial charge in [-0.3, -0.25) is 9.78 Å². The first-order valence-electron chi connectivity index (χ1n) is 7.10. The summed E-state index contributed by atoms with van der Waals surface area (Å²) >= 11 is 3.97. The van der Waals surface area contributed by atoms with Gasteiger partial charge in [-0.1, -0.05) is 22.6 Å². The number of H-pyrrole nitrogens is 1. The average Bonchev–Trinajstić information content (AvgIpc) is 3.21. The number of hydrogen-bond donors (Lipinski definition) is 2. The Balaban J connectivity index is 1.77. The van der Waals surface area contributed by atoms with Crippen LogP contribution in [0.15, 0.2) is 4.79 Å². The number of nitrogens with two attached hydrogens (primary N) is 1. The molecule has 2 unspecified atom stereocenters. The minimum Gasteiger partial charge on any atom is -0.360 e. The number of aromatic nitrogens is 5. The van der Waals surface area contributed by atoms with Crippen molar-refractivity contribution in [1.82, 2.24) is 23.9 Å². The summed E-state index contributed by atoms with van der Waals surface area (Å²) in [7, 11) is 3.58. The SMILES string of the molecule is CC(C)n1[nH]c(-n2c(=O)n(C)n2C)c1COC1S[C@H]1C(N)I. The van der Waals surface area contributed by atoms with Gasteiger partial charge in [0, 0.05) is 20.1 Å². The normalized spacial score (nSPS) is 22.7. The number of hydrogen-bond acceptors (Lipinski definition) is 4. The Hall–Kier alpha value is -0.590. The molecule has 22 heavy (non-hydrogen) atoms. The smallest absolute Gasteiger partial charge is 0.360 e. The Morgan fingerprint density at radius 3 is 2.64 bits per heavy atom. The molecule has 0 radical (unpaired) electrons. The summed E-state index contributed by atoms with van der Waals surface area (Å²) in [4.78, 5) is 13.7. The molecule has 8 nitrogen and oxygen atoms in total. The summed E-state index contributed by atoms with van der Waals surface area (Å²) in [6, 6.07) is 0.288. The lowest BCUT2D eigenvalue weighted by atomic mass is 10.3. The van der Waals surface area contributed by atoms with Gasteiger partial charge in [0.15, 0.2) is 5.82 Å². The predicted octanol–water partition coefficient (Wildman–Crippen LogP) is 0.903. The summed E-state index contributed by atoms with van der Waals surface area (Å²) in [5.74, 6) is 0.792. The fourth-order valence-corrected chi connectivity index (χ4v) is 4.34. The second kappa shape index (κ2) is 5.80. The molecule has 0 spiro atoms. The number of thioether (sulfide) groups is 1. The fraction of sp³-hybridized carbons (Fsp3) is 0.750. The largest absolute Gasteiger partial charge is 0.366 e. The molecule has 10 heteroatoms. The predicted molar refractivity (Wildman–Crippen MR) is 94.7 cm³/mol. The number of ether oxygens (including phenoxy) is 1. The van der Waals surface area contributed by atoms with Crippen LogP contribution in [0.4, 0.5) is 0 Å². The van der Waals surface area contributed by atoms with E-state index in [-0.39, 0.29) is 21.2 Å². The zero-order valence-electron chi connectivity index (χ0n) is 13.0. The number of rotatable bonds is 6. The average molecular weight is 440 g/mol. The van der Waals surface area contributed by atoms with Crippen LogP contribution in [0.3, 0.4) is 0 Å². The molecule has 1 aliphatic heterocycles. The Bertz CT molecular complexity index is 720. The molecule has 3 heterocycles. The number of nitrogens with zero attached hydrogens (tertiary/aromatic N) is 4. The van der Waals surface area contributed by atoms with Gasteiger partial charge in [0.25, 0.3) is 0 Å². The molecule has 0 amide bonds. The van der Waals surface area contributed by atoms with E-state index in [1.54, 1.807) is 33.0 Å². The van der Waals surface area contributed by atoms with Crippen LogP contribution in [0.25, 0.3) is 5.82 Å². The molecule has 2 aromatic rings. The lowest BCUT2D eigenvalue weighted by molar-refractivity contribution is 0.105. The molecule has 0 bridgehead atoms. The van der Waals surface area contributed by atoms with E-state index >= 15 is 0 Å². The summed E-state index contributed by atoms with van der Waals surface area (Å²) < 4.78 is 11.2. The minimum absolute atomic E-state index is 0.0566. The number of alkyl halides is 1. The number of nitrogens with one attached hydrogen (secondary N) is 1. The van der Waals surface area contributed by atoms with Crippen LogP contribution in [0.1, 0.15) is 25.6 Å². The van der Waals surface area contributed by atoms with Crippen molar-refractivity contribution >= 4 is 34.4 Å². The third-order valence-corrected chi connectivity index (χ3v) is 6.38. The quantitative estimate of drug-likeness (QED) is 0.303. The molecule has 3 atom stereocenters. The Kier molecular flexibility index (Phi) is 4.29. The van der Waals surface area contributed by atoms with Crippen LogP contribution in [0.2, 0.25) is 0 Å². The van der Waals surface area contributed by atoms with Crippen molar-refractivity contribution in [3.8, 4) is 5.82 Å². The maximum absolute atomic E-state index is 12.0. The molecule has 0 aromatic carbocycles. The van der Waals surface area contributed by atoms with E-state index in [4.69, 9.17) is 10.5 Å². The van der Waals surface area contributed by atoms with Crippen molar-refractivity contribution in [2.24, 2.45) is 19.8 Å². The molecule has 3 rings (SSSR count). The van der Waals surface area contributed by atoms with Gasteiger partial charge in [-0.2, -0.15) is 4.68 Å². The second-order valence-corrected chi connectivity index (χ2v) is 8.42. The van der Waals surface area contributed by atoms with Crippen LogP contribution in [-0.4, -0.2) is 38.7 Å². The van der Waals surface area contributed by atoms with Gasteiger partial charge in [0.2, 0.25) is 0 Å². The standard InChI is InChI=1S/C12H21IN6O2S/c1-6(2)18-7(5-21-11-8(22-11)9(13)14)10(15-18)19-12(20)16(3)17(19)4/h6,8-9,11,15H,5,14H2,1-4H3/t8-,9?,11?/m0/s1. The van der Waals surface area contributed by atoms with Crippen molar-refractivity contribution in [3.63, 3.8) is 0 Å². The third kappa shape index (κ3) is 2.59. The molecule has 1 aliphatic rings. The molecule has 124 valence electrons. The van der Waals surface area contributed by atoms with Crippen molar-refractivity contribution in [2.45, 2.75) is 41.2 Å². The maximum atomic E-state index is 12.0. The van der Waals surface area contributed by atoms with E-state index in [2.05, 4.69) is 41.5 Å². The van der Waals surface area contributed by atoms with Gasteiger partial charge in [-0.05, 0) is 13.8 Å². The molecule has 2 aromatic heterocycles. The molecule has 0 saturated carbocycles. The third-order valence-electron chi connectivity index (χ3n) is 3.88. The zero-order valence-corrected chi connectivity index (χ0v) is 16.0. The summed E-state index contributed by atoms with van der Waals surface area (Å²) in [5, 5.41) is 3.59. The van der Waals surface area contributed by atoms with Gasteiger partial charge >= 0.3 is 5.69 Å². The highest BCUT2D eigenvalue weighted by Crippen LogP contribution is 2.46. The lowest BCUT2D eigenvalue weighted by Gasteiger charge is -2.30. The van der Waals surface area contributed by atoms with Gasteiger partial charge in [-0.15, -0.1) is 11.8 Å². The highest BCUT2D eigenvalue weighted by Gasteiger charge is 2.43. The van der Waals surface area contributed by atoms with Crippen molar-refractivity contribution in [1.29, 1.82) is 0 Å². The van der Waals surface area contributed by atoms with Crippen LogP contribution < -0.4 is 11.4 Å². The van der Waals surface area contributed by atoms with Gasteiger partial charge in [0.05, 0.1) is 15.9 Å². The Morgan fingerprint density at radius 1 is 1.45 bits per heavy atom. The van der Waals surface area contributed by atoms with E-state index in [0.29, 0.717) is 11.9 Å². The molecular weight excluding hydrogens is 419 g/mol. The molecule has 0 aliphatic carbocycles. The minimum atomic E-state index is -0.0566. The monoisotopic (exact) mass is 440 g/mol. The maximum Gasteiger partial charge on any atom is 0.366 e. The van der Waals surface area contributed by atoms with E-state index in [1.165, 1.54) is 0 Å². The van der Waals surface area contributed by atoms with E-state index in [9.17, 15) is 4.79 Å². The van der Waals surface area contributed by atoms with Crippen LogP contribution in [0, 0.1) is 0 Å². The number of halogens is 1. The van der Waals surface area contributed by atoms with Gasteiger partial charge in [0.1, 0.15) is 11.1 Å². The highest BCUT2D eigenvalue weighted by atomic mass is 127. The first-order valence-corrected chi connectivity index (χ1v) is 9.29. The highest BCUT2D eigenvalue weighted by molar-refractivity contribution is 14.1. The fourth-order valence-electron chi connectivity index (χ4n) is 2.41. The van der Waals surface area contributed by atoms with Gasteiger partial charge in [-0.25, -0.2) is 14.3 Å². The lowest BCUT2D eigenvalue weighted by Crippen LogP contribution is -2.49. The van der Waals surface area contributed by atoms with Crippen LogP contribution >= 0.6 is 34.4 Å². The topological polar surface area (TPSA) is 87.8 Å². The van der Waals surface area contributed by atoms with E-state index in [1.807, 2.05) is 11.7 Å². The van der Waals surface area contributed by atoms with Crippen LogP contribution in [0.5, 0.6) is 0 Å². The Morgan fingerprint density at radius 2 is 2.14 bits per heavy atom. The van der Waals surface area contributed by atoms with Crippen LogP contribution in [-0.2, 0) is 25.4 Å². The zero-order chi connectivity index (χ0) is 16.2. The number of aromatic amines is 1. The first-order chi connectivity index (χ1) is 10.3. The summed E-state index contributed by atoms with van der Waals surface area (Å²) in [6.45, 7) is 4.65. The van der Waals surface area contributed by atoms with Crippen molar-refractivity contribution in [3.05, 3.63) is 16.2 Å². The molecule has 1 saturated heterocycles. The first kappa shape index (κ1) is 16.3. The molecule has 3 N–H and O–H groups in total. The second-order valence-electron chi connectivity index (χ2n) is 5.70. The Labute approximate surface area is 146 Å². The van der Waals surface area contributed by atoms with Crippen molar-refractivity contribution < 1.29 is 4.74 Å². The van der Waals surface area contributed by atoms with Crippen molar-refractivity contribution in [2.75, 3.05) is 0 Å². The van der Waals surface area contributed by atoms with E-state index < -0.39 is 0 Å².